The van der Waals surface area contributed by atoms with Gasteiger partial charge in [-0.2, -0.15) is 0 Å². The van der Waals surface area contributed by atoms with Gasteiger partial charge in [0.1, 0.15) is 0 Å². The maximum Gasteiger partial charge on any atom is 0.273 e. The Morgan fingerprint density at radius 1 is 1.33 bits per heavy atom. The van der Waals surface area contributed by atoms with Crippen LogP contribution in [0.2, 0.25) is 0 Å². The highest BCUT2D eigenvalue weighted by Gasteiger charge is 2.20. The van der Waals surface area contributed by atoms with Crippen LogP contribution in [0.5, 0.6) is 0 Å². The highest BCUT2D eigenvalue weighted by molar-refractivity contribution is 7.89. The minimum atomic E-state index is -3.62. The summed E-state index contributed by atoms with van der Waals surface area (Å²) in [6.45, 7) is 0.421. The molecule has 1 aromatic heterocycles. The molecule has 0 unspecified atom stereocenters. The molecule has 0 spiro atoms. The zero-order valence-electron chi connectivity index (χ0n) is 10.1. The molecule has 5 nitrogen and oxygen atoms in total. The Morgan fingerprint density at radius 3 is 2.67 bits per heavy atom. The molecule has 1 aromatic rings. The van der Waals surface area contributed by atoms with Gasteiger partial charge < -0.3 is 4.42 Å². The molecule has 0 radical (unpaired) electrons. The molecule has 1 aliphatic rings. The second-order valence-electron chi connectivity index (χ2n) is 4.61. The van der Waals surface area contributed by atoms with Gasteiger partial charge in [-0.15, -0.1) is 0 Å². The molecule has 1 aliphatic carbocycles. The molecule has 1 N–H and O–H groups in total. The minimum Gasteiger partial charge on any atom is -0.440 e. The van der Waals surface area contributed by atoms with E-state index in [-0.39, 0.29) is 10.9 Å². The predicted octanol–water partition coefficient (Wildman–Crippen LogP) is 1.95. The van der Waals surface area contributed by atoms with Crippen LogP contribution in [0, 0.1) is 5.92 Å². The number of nitrogens with one attached hydrogen (secondary N) is 1. The zero-order chi connectivity index (χ0) is 13.0. The third kappa shape index (κ3) is 3.20. The summed E-state index contributed by atoms with van der Waals surface area (Å²) in [4.78, 5) is 10.4. The summed E-state index contributed by atoms with van der Waals surface area (Å²) >= 11 is 0. The van der Waals surface area contributed by atoms with Crippen LogP contribution in [0.15, 0.2) is 21.6 Å². The Bertz CT molecular complexity index is 500. The smallest absolute Gasteiger partial charge is 0.273 e. The molecule has 0 aromatic carbocycles. The van der Waals surface area contributed by atoms with Crippen molar-refractivity contribution in [2.75, 3.05) is 6.54 Å². The fourth-order valence-electron chi connectivity index (χ4n) is 2.31. The predicted molar refractivity (Wildman–Crippen MR) is 65.9 cm³/mol. The lowest BCUT2D eigenvalue weighted by Crippen LogP contribution is -2.25. The fourth-order valence-corrected chi connectivity index (χ4v) is 3.29. The minimum absolute atomic E-state index is 0.0196. The van der Waals surface area contributed by atoms with Crippen LogP contribution in [-0.2, 0) is 10.0 Å². The van der Waals surface area contributed by atoms with Gasteiger partial charge in [-0.25, -0.2) is 13.1 Å². The first-order valence-electron chi connectivity index (χ1n) is 6.16. The topological polar surface area (TPSA) is 76.4 Å². The number of hydrogen-bond donors (Lipinski definition) is 1. The van der Waals surface area contributed by atoms with Crippen molar-refractivity contribution in [3.63, 3.8) is 0 Å². The Labute approximate surface area is 107 Å². The van der Waals surface area contributed by atoms with Gasteiger partial charge in [0.25, 0.3) is 10.0 Å². The van der Waals surface area contributed by atoms with E-state index in [1.54, 1.807) is 0 Å². The lowest BCUT2D eigenvalue weighted by molar-refractivity contribution is 0.109. The van der Waals surface area contributed by atoms with E-state index in [4.69, 9.17) is 4.42 Å². The summed E-state index contributed by atoms with van der Waals surface area (Å²) in [6, 6.07) is 2.64. The maximum absolute atomic E-state index is 11.8. The highest BCUT2D eigenvalue weighted by Crippen LogP contribution is 2.27. The molecule has 1 saturated carbocycles. The van der Waals surface area contributed by atoms with E-state index < -0.39 is 10.0 Å². The van der Waals surface area contributed by atoms with Crippen molar-refractivity contribution in [3.8, 4) is 0 Å². The maximum atomic E-state index is 11.8. The van der Waals surface area contributed by atoms with E-state index in [1.165, 1.54) is 37.8 Å². The van der Waals surface area contributed by atoms with Crippen molar-refractivity contribution >= 4 is 16.3 Å². The molecule has 0 aliphatic heterocycles. The molecule has 0 saturated heterocycles. The highest BCUT2D eigenvalue weighted by atomic mass is 32.2. The van der Waals surface area contributed by atoms with Gasteiger partial charge in [-0.3, -0.25) is 4.79 Å². The van der Waals surface area contributed by atoms with Crippen LogP contribution in [-0.4, -0.2) is 21.2 Å². The summed E-state index contributed by atoms with van der Waals surface area (Å²) in [5, 5.41) is -0.198. The molecule has 1 fully saturated rings. The van der Waals surface area contributed by atoms with Crippen LogP contribution >= 0.6 is 0 Å². The van der Waals surface area contributed by atoms with Gasteiger partial charge in [0, 0.05) is 6.54 Å². The summed E-state index contributed by atoms with van der Waals surface area (Å²) in [6.07, 6.45) is 6.23. The normalized spacial score (nSPS) is 17.1. The largest absolute Gasteiger partial charge is 0.440 e. The fraction of sp³-hybridized carbons (Fsp3) is 0.583. The van der Waals surface area contributed by atoms with E-state index >= 15 is 0 Å². The summed E-state index contributed by atoms with van der Waals surface area (Å²) in [5.74, 6) is 0.654. The molecule has 0 bridgehead atoms. The Hall–Kier alpha value is -1.14. The molecule has 2 rings (SSSR count). The van der Waals surface area contributed by atoms with Crippen molar-refractivity contribution in [3.05, 3.63) is 17.9 Å². The van der Waals surface area contributed by atoms with E-state index in [0.717, 1.165) is 6.42 Å². The van der Waals surface area contributed by atoms with Gasteiger partial charge in [-0.05, 0) is 24.5 Å². The zero-order valence-corrected chi connectivity index (χ0v) is 10.9. The van der Waals surface area contributed by atoms with E-state index in [1.807, 2.05) is 0 Å². The van der Waals surface area contributed by atoms with Crippen LogP contribution in [0.1, 0.15) is 42.7 Å². The molecule has 18 heavy (non-hydrogen) atoms. The first-order chi connectivity index (χ1) is 8.62. The number of hydrogen-bond acceptors (Lipinski definition) is 4. The third-order valence-electron chi connectivity index (χ3n) is 3.30. The first kappa shape index (κ1) is 13.3. The average molecular weight is 271 g/mol. The molecular weight excluding hydrogens is 254 g/mol. The molecule has 0 amide bonds. The van der Waals surface area contributed by atoms with Crippen molar-refractivity contribution in [1.82, 2.24) is 4.72 Å². The molecular formula is C12H17NO4S. The number of carbonyl (C=O) groups excluding carboxylic acids is 1. The molecule has 0 atom stereocenters. The van der Waals surface area contributed by atoms with Crippen molar-refractivity contribution in [2.45, 2.75) is 37.2 Å². The SMILES string of the molecule is O=Cc1ccc(S(=O)(=O)NCCC2CCCC2)o1. The summed E-state index contributed by atoms with van der Waals surface area (Å²) in [7, 11) is -3.62. The van der Waals surface area contributed by atoms with Crippen molar-refractivity contribution in [1.29, 1.82) is 0 Å². The number of furan rings is 1. The second kappa shape index (κ2) is 5.67. The van der Waals surface area contributed by atoms with Gasteiger partial charge in [0.2, 0.25) is 5.09 Å². The first-order valence-corrected chi connectivity index (χ1v) is 7.65. The average Bonchev–Trinajstić information content (AvgIpc) is 2.99. The lowest BCUT2D eigenvalue weighted by Gasteiger charge is -2.09. The quantitative estimate of drug-likeness (QED) is 0.802. The van der Waals surface area contributed by atoms with Crippen molar-refractivity contribution < 1.29 is 17.6 Å². The number of aldehydes is 1. The summed E-state index contributed by atoms with van der Waals surface area (Å²) < 4.78 is 31.0. The Morgan fingerprint density at radius 2 is 2.06 bits per heavy atom. The monoisotopic (exact) mass is 271 g/mol. The molecule has 1 heterocycles. The van der Waals surface area contributed by atoms with E-state index in [2.05, 4.69) is 4.72 Å². The standard InChI is InChI=1S/C12H17NO4S/c14-9-11-5-6-12(17-11)18(15,16)13-8-7-10-3-1-2-4-10/h5-6,9-10,13H,1-4,7-8H2. The molecule has 100 valence electrons. The number of rotatable bonds is 6. The Kier molecular flexibility index (Phi) is 4.19. The van der Waals surface area contributed by atoms with Crippen LogP contribution in [0.25, 0.3) is 0 Å². The second-order valence-corrected chi connectivity index (χ2v) is 6.31. The van der Waals surface area contributed by atoms with Gasteiger partial charge in [0.05, 0.1) is 0 Å². The van der Waals surface area contributed by atoms with Crippen LogP contribution in [0.3, 0.4) is 0 Å². The van der Waals surface area contributed by atoms with Crippen LogP contribution < -0.4 is 4.72 Å². The van der Waals surface area contributed by atoms with Crippen molar-refractivity contribution in [2.24, 2.45) is 5.92 Å². The van der Waals surface area contributed by atoms with E-state index in [9.17, 15) is 13.2 Å². The Balaban J connectivity index is 1.88. The third-order valence-corrected chi connectivity index (χ3v) is 4.64. The van der Waals surface area contributed by atoms with Crippen LogP contribution in [0.4, 0.5) is 0 Å². The molecule has 6 heteroatoms. The van der Waals surface area contributed by atoms with Gasteiger partial charge in [0.15, 0.2) is 12.0 Å². The van der Waals surface area contributed by atoms with E-state index in [0.29, 0.717) is 18.7 Å². The van der Waals surface area contributed by atoms with Gasteiger partial charge >= 0.3 is 0 Å². The lowest BCUT2D eigenvalue weighted by atomic mass is 10.1. The number of sulfonamides is 1. The summed E-state index contributed by atoms with van der Waals surface area (Å²) in [5.41, 5.74) is 0. The number of carbonyl (C=O) groups is 1. The van der Waals surface area contributed by atoms with Gasteiger partial charge in [-0.1, -0.05) is 25.7 Å².